The summed E-state index contributed by atoms with van der Waals surface area (Å²) >= 11 is 12.1. The molecule has 1 atom stereocenters. The van der Waals surface area contributed by atoms with E-state index in [1.807, 2.05) is 30.3 Å². The molecule has 0 radical (unpaired) electrons. The van der Waals surface area contributed by atoms with Crippen LogP contribution in [0.5, 0.6) is 0 Å². The molecular weight excluding hydrogens is 422 g/mol. The first-order chi connectivity index (χ1) is 14.5. The molecule has 0 spiro atoms. The van der Waals surface area contributed by atoms with Crippen LogP contribution in [0.3, 0.4) is 0 Å². The molecule has 3 nitrogen and oxygen atoms in total. The van der Waals surface area contributed by atoms with E-state index in [2.05, 4.69) is 16.0 Å². The van der Waals surface area contributed by atoms with Crippen LogP contribution in [-0.2, 0) is 13.1 Å². The van der Waals surface area contributed by atoms with E-state index < -0.39 is 6.10 Å². The number of fused-ring (bicyclic) bond motifs is 1. The van der Waals surface area contributed by atoms with Gasteiger partial charge in [-0.3, -0.25) is 0 Å². The summed E-state index contributed by atoms with van der Waals surface area (Å²) in [5.74, 6) is -0.272. The Morgan fingerprint density at radius 1 is 0.967 bits per heavy atom. The Kier molecular flexibility index (Phi) is 6.40. The number of nitrogens with zero attached hydrogens (tertiary/aromatic N) is 1. The molecule has 0 unspecified atom stereocenters. The van der Waals surface area contributed by atoms with Crippen molar-refractivity contribution in [3.63, 3.8) is 0 Å². The summed E-state index contributed by atoms with van der Waals surface area (Å²) in [5.41, 5.74) is 3.79. The highest BCUT2D eigenvalue weighted by atomic mass is 35.5. The Morgan fingerprint density at radius 3 is 2.50 bits per heavy atom. The van der Waals surface area contributed by atoms with Crippen LogP contribution in [0, 0.1) is 5.82 Å². The zero-order valence-electron chi connectivity index (χ0n) is 16.2. The van der Waals surface area contributed by atoms with Gasteiger partial charge in [-0.15, -0.1) is 0 Å². The average Bonchev–Trinajstić information content (AvgIpc) is 3.09. The van der Waals surface area contributed by atoms with Crippen LogP contribution >= 0.6 is 23.2 Å². The standard InChI is InChI=1S/C24H21Cl2FN2O/c25-19-8-5-18(22(26)12-19)13-28-14-21(30)15-29-23-4-2-1-3-17(23)11-24(29)16-6-9-20(27)10-7-16/h1-12,21,28,30H,13-15H2/t21-/m1/s1. The Labute approximate surface area is 184 Å². The molecule has 4 aromatic rings. The highest BCUT2D eigenvalue weighted by Crippen LogP contribution is 2.29. The fourth-order valence-corrected chi connectivity index (χ4v) is 4.06. The molecule has 0 aliphatic rings. The molecular formula is C24H21Cl2FN2O. The van der Waals surface area contributed by atoms with Crippen molar-refractivity contribution >= 4 is 34.1 Å². The molecule has 1 aromatic heterocycles. The normalized spacial score (nSPS) is 12.4. The quantitative estimate of drug-likeness (QED) is 0.373. The zero-order valence-corrected chi connectivity index (χ0v) is 17.7. The van der Waals surface area contributed by atoms with Gasteiger partial charge in [-0.25, -0.2) is 4.39 Å². The Morgan fingerprint density at radius 2 is 1.73 bits per heavy atom. The van der Waals surface area contributed by atoms with E-state index >= 15 is 0 Å². The molecule has 0 amide bonds. The molecule has 0 saturated carbocycles. The molecule has 30 heavy (non-hydrogen) atoms. The summed E-state index contributed by atoms with van der Waals surface area (Å²) in [4.78, 5) is 0. The third-order valence-electron chi connectivity index (χ3n) is 5.05. The average molecular weight is 443 g/mol. The van der Waals surface area contributed by atoms with Crippen molar-refractivity contribution in [2.45, 2.75) is 19.2 Å². The lowest BCUT2D eigenvalue weighted by atomic mass is 10.1. The van der Waals surface area contributed by atoms with Gasteiger partial charge in [0, 0.05) is 39.7 Å². The van der Waals surface area contributed by atoms with Crippen LogP contribution < -0.4 is 5.32 Å². The fourth-order valence-electron chi connectivity index (χ4n) is 3.58. The number of aliphatic hydroxyl groups excluding tert-OH is 1. The number of benzene rings is 3. The topological polar surface area (TPSA) is 37.2 Å². The van der Waals surface area contributed by atoms with Crippen molar-refractivity contribution < 1.29 is 9.50 Å². The highest BCUT2D eigenvalue weighted by Gasteiger charge is 2.14. The second kappa shape index (κ2) is 9.19. The Bertz CT molecular complexity index is 1160. The molecule has 3 aromatic carbocycles. The second-order valence-corrected chi connectivity index (χ2v) is 8.07. The molecule has 0 aliphatic heterocycles. The Balaban J connectivity index is 1.51. The van der Waals surface area contributed by atoms with Gasteiger partial charge < -0.3 is 15.0 Å². The van der Waals surface area contributed by atoms with Gasteiger partial charge in [0.2, 0.25) is 0 Å². The molecule has 2 N–H and O–H groups in total. The van der Waals surface area contributed by atoms with Crippen molar-refractivity contribution in [1.82, 2.24) is 9.88 Å². The largest absolute Gasteiger partial charge is 0.390 e. The van der Waals surface area contributed by atoms with E-state index in [9.17, 15) is 9.50 Å². The second-order valence-electron chi connectivity index (χ2n) is 7.23. The monoisotopic (exact) mass is 442 g/mol. The van der Waals surface area contributed by atoms with Gasteiger partial charge >= 0.3 is 0 Å². The first kappa shape index (κ1) is 20.9. The van der Waals surface area contributed by atoms with Crippen LogP contribution in [0.25, 0.3) is 22.2 Å². The lowest BCUT2D eigenvalue weighted by molar-refractivity contribution is 0.153. The third-order valence-corrected chi connectivity index (χ3v) is 5.64. The van der Waals surface area contributed by atoms with E-state index in [0.717, 1.165) is 27.7 Å². The van der Waals surface area contributed by atoms with E-state index in [1.54, 1.807) is 24.3 Å². The SMILES string of the molecule is O[C@H](CNCc1ccc(Cl)cc1Cl)Cn1c(-c2ccc(F)cc2)cc2ccccc21. The Hall–Kier alpha value is -2.37. The number of hydrogen-bond acceptors (Lipinski definition) is 2. The molecule has 0 aliphatic carbocycles. The number of nitrogens with one attached hydrogen (secondary N) is 1. The maximum absolute atomic E-state index is 13.4. The van der Waals surface area contributed by atoms with Crippen molar-refractivity contribution in [2.75, 3.05) is 6.54 Å². The van der Waals surface area contributed by atoms with Crippen molar-refractivity contribution in [3.8, 4) is 11.3 Å². The summed E-state index contributed by atoms with van der Waals surface area (Å²) in [7, 11) is 0. The highest BCUT2D eigenvalue weighted by molar-refractivity contribution is 6.35. The van der Waals surface area contributed by atoms with Gasteiger partial charge in [-0.05, 0) is 59.7 Å². The lowest BCUT2D eigenvalue weighted by Gasteiger charge is -2.17. The van der Waals surface area contributed by atoms with Gasteiger partial charge in [0.05, 0.1) is 12.6 Å². The van der Waals surface area contributed by atoms with E-state index in [4.69, 9.17) is 23.2 Å². The predicted octanol–water partition coefficient (Wildman–Crippen LogP) is 5.90. The minimum Gasteiger partial charge on any atom is -0.390 e. The number of aliphatic hydroxyl groups is 1. The minimum absolute atomic E-state index is 0.272. The summed E-state index contributed by atoms with van der Waals surface area (Å²) < 4.78 is 15.4. The van der Waals surface area contributed by atoms with Crippen LogP contribution in [0.2, 0.25) is 10.0 Å². The number of hydrogen-bond donors (Lipinski definition) is 2. The summed E-state index contributed by atoms with van der Waals surface area (Å²) in [6, 6.07) is 21.9. The smallest absolute Gasteiger partial charge is 0.123 e. The maximum atomic E-state index is 13.4. The van der Waals surface area contributed by atoms with Crippen molar-refractivity contribution in [1.29, 1.82) is 0 Å². The van der Waals surface area contributed by atoms with Crippen LogP contribution in [0.4, 0.5) is 4.39 Å². The molecule has 0 saturated heterocycles. The molecule has 0 bridgehead atoms. The number of halogens is 3. The fraction of sp³-hybridized carbons (Fsp3) is 0.167. The van der Waals surface area contributed by atoms with Gasteiger partial charge in [0.15, 0.2) is 0 Å². The van der Waals surface area contributed by atoms with Crippen LogP contribution in [0.1, 0.15) is 5.56 Å². The molecule has 1 heterocycles. The zero-order chi connectivity index (χ0) is 21.1. The number of aromatic nitrogens is 1. The summed E-state index contributed by atoms with van der Waals surface area (Å²) in [6.07, 6.45) is -0.619. The molecule has 4 rings (SSSR count). The van der Waals surface area contributed by atoms with E-state index in [1.165, 1.54) is 12.1 Å². The van der Waals surface area contributed by atoms with E-state index in [-0.39, 0.29) is 5.82 Å². The molecule has 154 valence electrons. The maximum Gasteiger partial charge on any atom is 0.123 e. The van der Waals surface area contributed by atoms with Gasteiger partial charge in [-0.2, -0.15) is 0 Å². The van der Waals surface area contributed by atoms with Crippen molar-refractivity contribution in [3.05, 3.63) is 94.2 Å². The predicted molar refractivity (Wildman–Crippen MR) is 122 cm³/mol. The lowest BCUT2D eigenvalue weighted by Crippen LogP contribution is -2.30. The van der Waals surface area contributed by atoms with Crippen molar-refractivity contribution in [2.24, 2.45) is 0 Å². The van der Waals surface area contributed by atoms with Crippen LogP contribution in [0.15, 0.2) is 72.8 Å². The van der Waals surface area contributed by atoms with Crippen LogP contribution in [-0.4, -0.2) is 22.3 Å². The van der Waals surface area contributed by atoms with Gasteiger partial charge in [0.1, 0.15) is 5.82 Å². The summed E-state index contributed by atoms with van der Waals surface area (Å²) in [5, 5.41) is 16.2. The van der Waals surface area contributed by atoms with E-state index in [0.29, 0.717) is 29.7 Å². The summed E-state index contributed by atoms with van der Waals surface area (Å²) in [6.45, 7) is 1.33. The molecule has 6 heteroatoms. The molecule has 0 fully saturated rings. The number of rotatable bonds is 7. The van der Waals surface area contributed by atoms with Gasteiger partial charge in [-0.1, -0.05) is 47.5 Å². The first-order valence-electron chi connectivity index (χ1n) is 9.68. The third kappa shape index (κ3) is 4.68. The number of para-hydroxylation sites is 1. The van der Waals surface area contributed by atoms with Gasteiger partial charge in [0.25, 0.3) is 0 Å². The minimum atomic E-state index is -0.619. The first-order valence-corrected chi connectivity index (χ1v) is 10.4.